The quantitative estimate of drug-likeness (QED) is 0.0351. The summed E-state index contributed by atoms with van der Waals surface area (Å²) >= 11 is 0. The van der Waals surface area contributed by atoms with Crippen LogP contribution in [-0.4, -0.2) is 47.3 Å². The van der Waals surface area contributed by atoms with Crippen LogP contribution in [0.1, 0.15) is 207 Å². The maximum atomic E-state index is 12.6. The molecule has 0 bridgehead atoms. The first-order chi connectivity index (χ1) is 23.5. The number of amides is 2. The summed E-state index contributed by atoms with van der Waals surface area (Å²) in [5.74, 6) is 0.0739. The van der Waals surface area contributed by atoms with Gasteiger partial charge in [-0.25, -0.2) is 0 Å². The van der Waals surface area contributed by atoms with Crippen LogP contribution in [0.3, 0.4) is 0 Å². The Hall–Kier alpha value is -1.66. The van der Waals surface area contributed by atoms with Gasteiger partial charge in [-0.1, -0.05) is 141 Å². The summed E-state index contributed by atoms with van der Waals surface area (Å²) < 4.78 is 0. The molecule has 0 aromatic heterocycles. The molecule has 3 N–H and O–H groups in total. The van der Waals surface area contributed by atoms with Crippen molar-refractivity contribution in [3.8, 4) is 0 Å². The van der Waals surface area contributed by atoms with Crippen LogP contribution in [0.5, 0.6) is 0 Å². The van der Waals surface area contributed by atoms with Gasteiger partial charge in [0.1, 0.15) is 0 Å². The molecule has 0 radical (unpaired) electrons. The zero-order valence-electron chi connectivity index (χ0n) is 32.4. The summed E-state index contributed by atoms with van der Waals surface area (Å²) in [6, 6.07) is 0. The van der Waals surface area contributed by atoms with Crippen LogP contribution < -0.4 is 10.6 Å². The topological polar surface area (TPSA) is 81.7 Å². The Morgan fingerprint density at radius 1 is 0.500 bits per heavy atom. The molecule has 2 unspecified atom stereocenters. The molecule has 0 aromatic carbocycles. The van der Waals surface area contributed by atoms with Gasteiger partial charge in [0.05, 0.1) is 18.9 Å². The number of allylic oxidation sites excluding steroid dienone is 4. The fourth-order valence-electron chi connectivity index (χ4n) is 6.33. The third-order valence-electron chi connectivity index (χ3n) is 9.42. The molecule has 6 nitrogen and oxygen atoms in total. The third kappa shape index (κ3) is 31.6. The lowest BCUT2D eigenvalue weighted by Gasteiger charge is -2.34. The molecule has 0 heterocycles. The van der Waals surface area contributed by atoms with E-state index in [0.717, 1.165) is 25.7 Å². The molecule has 0 aliphatic carbocycles. The highest BCUT2D eigenvalue weighted by atomic mass is 16.3. The number of aliphatic hydroxyl groups excluding tert-OH is 1. The normalized spacial score (nSPS) is 13.1. The minimum absolute atomic E-state index is 0.0249. The van der Waals surface area contributed by atoms with Crippen LogP contribution in [0.15, 0.2) is 24.3 Å². The number of hydrogen-bond acceptors (Lipinski definition) is 4. The molecule has 0 rings (SSSR count). The van der Waals surface area contributed by atoms with E-state index in [-0.39, 0.29) is 30.8 Å². The fourth-order valence-corrected chi connectivity index (χ4v) is 6.33. The van der Waals surface area contributed by atoms with Crippen LogP contribution >= 0.6 is 0 Å². The molecule has 0 saturated carbocycles. The first-order valence-corrected chi connectivity index (χ1v) is 20.7. The van der Waals surface area contributed by atoms with E-state index in [9.17, 15) is 14.7 Å². The Balaban J connectivity index is 3.92. The van der Waals surface area contributed by atoms with Gasteiger partial charge >= 0.3 is 0 Å². The van der Waals surface area contributed by atoms with Crippen LogP contribution in [-0.2, 0) is 9.59 Å². The van der Waals surface area contributed by atoms with Crippen LogP contribution in [0.4, 0.5) is 0 Å². The monoisotopic (exact) mass is 676 g/mol. The molecular weight excluding hydrogens is 594 g/mol. The Morgan fingerprint density at radius 3 is 1.10 bits per heavy atom. The summed E-state index contributed by atoms with van der Waals surface area (Å²) in [6.07, 6.45) is 42.2. The molecule has 0 spiro atoms. The Labute approximate surface area is 298 Å². The zero-order chi connectivity index (χ0) is 35.3. The number of aliphatic hydroxyl groups is 1. The van der Waals surface area contributed by atoms with Gasteiger partial charge in [0.25, 0.3) is 0 Å². The molecule has 48 heavy (non-hydrogen) atoms. The average Bonchev–Trinajstić information content (AvgIpc) is 3.06. The molecule has 2 amide bonds. The minimum Gasteiger partial charge on any atom is -0.395 e. The van der Waals surface area contributed by atoms with Crippen LogP contribution in [0, 0.1) is 0 Å². The van der Waals surface area contributed by atoms with E-state index in [0.29, 0.717) is 19.4 Å². The summed E-state index contributed by atoms with van der Waals surface area (Å²) in [4.78, 5) is 27.2. The van der Waals surface area contributed by atoms with Gasteiger partial charge < -0.3 is 15.7 Å². The van der Waals surface area contributed by atoms with Crippen molar-refractivity contribution in [2.45, 2.75) is 220 Å². The molecule has 0 aliphatic heterocycles. The number of rotatable bonds is 36. The minimum atomic E-state index is -0.261. The van der Waals surface area contributed by atoms with E-state index in [4.69, 9.17) is 0 Å². The standard InChI is InChI=1S/C42H81N3O3/c1-5-7-9-11-13-15-17-19-21-23-25-27-29-31-33-35-41(47)43-39(3)45(37-38-46)40(4)44-42(48)36-34-32-30-28-26-24-22-20-18-16-14-12-10-8-6-2/h19-22,39-40,46H,5-18,23-38H2,1-4H3,(H,43,47)(H,44,48)/b21-19-,22-20-. The first kappa shape index (κ1) is 46.3. The van der Waals surface area contributed by atoms with Crippen molar-refractivity contribution in [3.63, 3.8) is 0 Å². The van der Waals surface area contributed by atoms with E-state index in [1.54, 1.807) is 0 Å². The molecular formula is C42H81N3O3. The second-order valence-corrected chi connectivity index (χ2v) is 14.1. The number of unbranched alkanes of at least 4 members (excludes halogenated alkanes) is 22. The van der Waals surface area contributed by atoms with Gasteiger partial charge in [0.2, 0.25) is 11.8 Å². The lowest BCUT2D eigenvalue weighted by molar-refractivity contribution is -0.124. The third-order valence-corrected chi connectivity index (χ3v) is 9.42. The van der Waals surface area contributed by atoms with Gasteiger partial charge in [0, 0.05) is 19.4 Å². The number of nitrogens with zero attached hydrogens (tertiary/aromatic N) is 1. The smallest absolute Gasteiger partial charge is 0.221 e. The summed E-state index contributed by atoms with van der Waals surface area (Å²) in [6.45, 7) is 8.76. The van der Waals surface area contributed by atoms with Crippen molar-refractivity contribution in [3.05, 3.63) is 24.3 Å². The van der Waals surface area contributed by atoms with Crippen molar-refractivity contribution >= 4 is 11.8 Å². The predicted molar refractivity (Wildman–Crippen MR) is 208 cm³/mol. The number of nitrogens with one attached hydrogen (secondary N) is 2. The van der Waals surface area contributed by atoms with E-state index in [2.05, 4.69) is 48.8 Å². The molecule has 6 heteroatoms. The largest absolute Gasteiger partial charge is 0.395 e. The van der Waals surface area contributed by atoms with E-state index < -0.39 is 0 Å². The highest BCUT2D eigenvalue weighted by molar-refractivity contribution is 5.76. The van der Waals surface area contributed by atoms with Gasteiger partial charge in [-0.05, 0) is 78.1 Å². The lowest BCUT2D eigenvalue weighted by atomic mass is 10.1. The Morgan fingerprint density at radius 2 is 0.792 bits per heavy atom. The van der Waals surface area contributed by atoms with Crippen LogP contribution in [0.2, 0.25) is 0 Å². The molecule has 0 fully saturated rings. The maximum Gasteiger partial charge on any atom is 0.221 e. The zero-order valence-corrected chi connectivity index (χ0v) is 32.4. The number of carbonyl (C=O) groups is 2. The number of hydrogen-bond donors (Lipinski definition) is 3. The average molecular weight is 676 g/mol. The van der Waals surface area contributed by atoms with Crippen LogP contribution in [0.25, 0.3) is 0 Å². The fraction of sp³-hybridized carbons (Fsp3) is 0.857. The van der Waals surface area contributed by atoms with Crippen molar-refractivity contribution in [1.82, 2.24) is 15.5 Å². The summed E-state index contributed by atoms with van der Waals surface area (Å²) in [5, 5.41) is 15.8. The van der Waals surface area contributed by atoms with E-state index in [1.807, 2.05) is 18.7 Å². The van der Waals surface area contributed by atoms with Gasteiger partial charge in [-0.15, -0.1) is 0 Å². The molecule has 0 saturated heterocycles. The molecule has 0 aliphatic rings. The molecule has 282 valence electrons. The number of carbonyl (C=O) groups excluding carboxylic acids is 2. The summed E-state index contributed by atoms with van der Waals surface area (Å²) in [7, 11) is 0. The van der Waals surface area contributed by atoms with Gasteiger partial charge in [0.15, 0.2) is 0 Å². The molecule has 2 atom stereocenters. The second-order valence-electron chi connectivity index (χ2n) is 14.1. The molecule has 0 aromatic rings. The van der Waals surface area contributed by atoms with Crippen molar-refractivity contribution < 1.29 is 14.7 Å². The van der Waals surface area contributed by atoms with E-state index in [1.165, 1.54) is 141 Å². The predicted octanol–water partition coefficient (Wildman–Crippen LogP) is 11.3. The van der Waals surface area contributed by atoms with Crippen molar-refractivity contribution in [2.24, 2.45) is 0 Å². The maximum absolute atomic E-state index is 12.6. The SMILES string of the molecule is CCCCCCCC/C=C\CCCCCCCC(=O)NC(C)N(CCO)C(C)NC(=O)CCCCCCC/C=C\CCCCCCCC. The van der Waals surface area contributed by atoms with E-state index >= 15 is 0 Å². The highest BCUT2D eigenvalue weighted by Crippen LogP contribution is 2.12. The Bertz CT molecular complexity index is 709. The highest BCUT2D eigenvalue weighted by Gasteiger charge is 2.22. The van der Waals surface area contributed by atoms with Gasteiger partial charge in [-0.2, -0.15) is 0 Å². The Kier molecular flexibility index (Phi) is 35.3. The first-order valence-electron chi connectivity index (χ1n) is 20.7. The van der Waals surface area contributed by atoms with Crippen molar-refractivity contribution in [2.75, 3.05) is 13.2 Å². The second kappa shape index (κ2) is 36.6. The van der Waals surface area contributed by atoms with Crippen molar-refractivity contribution in [1.29, 1.82) is 0 Å². The lowest BCUT2D eigenvalue weighted by Crippen LogP contribution is -2.56. The van der Waals surface area contributed by atoms with Gasteiger partial charge in [-0.3, -0.25) is 14.5 Å². The summed E-state index contributed by atoms with van der Waals surface area (Å²) in [5.41, 5.74) is 0.